The molecule has 0 N–H and O–H groups in total. The molecule has 0 fully saturated rings. The average Bonchev–Trinajstić information content (AvgIpc) is 1.54. The van der Waals surface area contributed by atoms with Gasteiger partial charge in [0.15, 0.2) is 11.2 Å². The van der Waals surface area contributed by atoms with Gasteiger partial charge in [0.05, 0.1) is 33.3 Å². The zero-order chi connectivity index (χ0) is 67.3. The van der Waals surface area contributed by atoms with Crippen LogP contribution in [0.1, 0.15) is 44.5 Å². The second kappa shape index (κ2) is 23.7. The molecule has 0 amide bonds. The molecule has 3 aromatic heterocycles. The van der Waals surface area contributed by atoms with Crippen molar-refractivity contribution >= 4 is 33.2 Å². The highest BCUT2D eigenvalue weighted by Crippen LogP contribution is 2.59. The zero-order valence-electron chi connectivity index (χ0n) is 55.2. The average molecular weight is 1300 g/mol. The molecule has 0 saturated carbocycles. The number of hydrogen-bond acceptors (Lipinski definition) is 6. The van der Waals surface area contributed by atoms with E-state index in [4.69, 9.17) is 28.8 Å². The second-order valence-corrected chi connectivity index (χ2v) is 26.6. The first-order valence-electron chi connectivity index (χ1n) is 34.7. The van der Waals surface area contributed by atoms with Gasteiger partial charge in [-0.1, -0.05) is 303 Å². The standard InChI is InChI=1S/C96H60N4O2/c1-5-21-71(22-6-1)95(72-23-7-2-8-24-72)81-31-15-13-29-77(81)79-55-53-69(59-83(79)95)75-57-58-76(70-54-56-80-78-30-14-16-32-82(78)96(84(80)60-70,73-25-9-3-10-26-73)74-27-11-4-12-28-74)92-91(75)99-89(65-45-37-61(38-46-65)63-41-49-67(50-42-63)93-97-85-33-17-19-35-87(85)101-93)90(100-92)66-47-39-62(40-48-66)64-43-51-68(52-44-64)94-98-86-34-18-20-36-88(86)102-94/h1-60H. The van der Waals surface area contributed by atoms with Crippen molar-refractivity contribution in [3.05, 3.63) is 408 Å². The second-order valence-electron chi connectivity index (χ2n) is 26.6. The van der Waals surface area contributed by atoms with Crippen molar-refractivity contribution in [1.29, 1.82) is 0 Å². The molecule has 102 heavy (non-hydrogen) atoms. The van der Waals surface area contributed by atoms with Gasteiger partial charge in [0.1, 0.15) is 11.0 Å². The van der Waals surface area contributed by atoms with E-state index in [-0.39, 0.29) is 0 Å². The Labute approximate surface area is 589 Å². The molecule has 20 rings (SSSR count). The maximum absolute atomic E-state index is 6.19. The molecule has 18 aromatic rings. The van der Waals surface area contributed by atoms with Crippen molar-refractivity contribution in [3.8, 4) is 112 Å². The van der Waals surface area contributed by atoms with Gasteiger partial charge in [0.25, 0.3) is 0 Å². The van der Waals surface area contributed by atoms with Gasteiger partial charge < -0.3 is 8.83 Å². The van der Waals surface area contributed by atoms with Crippen LogP contribution in [0.5, 0.6) is 0 Å². The van der Waals surface area contributed by atoms with Gasteiger partial charge in [-0.15, -0.1) is 0 Å². The van der Waals surface area contributed by atoms with E-state index in [0.29, 0.717) is 11.8 Å². The third-order valence-corrected chi connectivity index (χ3v) is 21.2. The van der Waals surface area contributed by atoms with Crippen LogP contribution in [0.15, 0.2) is 373 Å². The van der Waals surface area contributed by atoms with Gasteiger partial charge in [-0.3, -0.25) is 0 Å². The van der Waals surface area contributed by atoms with E-state index in [1.165, 1.54) is 66.8 Å². The van der Waals surface area contributed by atoms with Crippen LogP contribution in [0.2, 0.25) is 0 Å². The van der Waals surface area contributed by atoms with Gasteiger partial charge in [-0.05, 0) is 161 Å². The van der Waals surface area contributed by atoms with Crippen LogP contribution in [0.4, 0.5) is 0 Å². The van der Waals surface area contributed by atoms with Crippen LogP contribution >= 0.6 is 0 Å². The summed E-state index contributed by atoms with van der Waals surface area (Å²) < 4.78 is 12.4. The summed E-state index contributed by atoms with van der Waals surface area (Å²) >= 11 is 0. The molecule has 6 nitrogen and oxygen atoms in total. The van der Waals surface area contributed by atoms with Crippen molar-refractivity contribution in [1.82, 2.24) is 19.9 Å². The van der Waals surface area contributed by atoms with Gasteiger partial charge in [0, 0.05) is 33.4 Å². The quantitative estimate of drug-likeness (QED) is 0.121. The summed E-state index contributed by atoms with van der Waals surface area (Å²) in [5, 5.41) is 0. The highest BCUT2D eigenvalue weighted by molar-refractivity contribution is 6.05. The topological polar surface area (TPSA) is 77.8 Å². The largest absolute Gasteiger partial charge is 0.436 e. The molecule has 3 heterocycles. The van der Waals surface area contributed by atoms with Gasteiger partial charge >= 0.3 is 0 Å². The summed E-state index contributed by atoms with van der Waals surface area (Å²) in [5.74, 6) is 1.19. The molecule has 6 heteroatoms. The Balaban J connectivity index is 0.803. The number of rotatable bonds is 12. The maximum atomic E-state index is 6.19. The number of fused-ring (bicyclic) bond motifs is 9. The molecule has 0 radical (unpaired) electrons. The maximum Gasteiger partial charge on any atom is 0.227 e. The molecule has 0 atom stereocenters. The minimum absolute atomic E-state index is 0.594. The lowest BCUT2D eigenvalue weighted by Crippen LogP contribution is -2.28. The molecule has 0 saturated heterocycles. The van der Waals surface area contributed by atoms with Crippen LogP contribution in [-0.2, 0) is 10.8 Å². The fourth-order valence-electron chi connectivity index (χ4n) is 16.5. The lowest BCUT2D eigenvalue weighted by atomic mass is 9.67. The summed E-state index contributed by atoms with van der Waals surface area (Å²) in [6.45, 7) is 0. The first-order valence-corrected chi connectivity index (χ1v) is 34.7. The number of aromatic nitrogens is 4. The monoisotopic (exact) mass is 1300 g/mol. The van der Waals surface area contributed by atoms with Crippen LogP contribution in [0, 0.1) is 0 Å². The Bertz CT molecular complexity index is 5730. The number of hydrogen-bond donors (Lipinski definition) is 0. The van der Waals surface area contributed by atoms with Crippen LogP contribution in [-0.4, -0.2) is 19.9 Å². The van der Waals surface area contributed by atoms with Crippen molar-refractivity contribution in [3.63, 3.8) is 0 Å². The van der Waals surface area contributed by atoms with Crippen LogP contribution in [0.25, 0.3) is 145 Å². The molecule has 2 aliphatic carbocycles. The number of benzene rings is 15. The summed E-state index contributed by atoms with van der Waals surface area (Å²) in [5.41, 5.74) is 31.7. The number of nitrogens with zero attached hydrogens (tertiary/aromatic N) is 4. The van der Waals surface area contributed by atoms with Gasteiger partial charge in [-0.2, -0.15) is 0 Å². The molecular weight excluding hydrogens is 1240 g/mol. The summed E-state index contributed by atoms with van der Waals surface area (Å²) in [7, 11) is 0. The lowest BCUT2D eigenvalue weighted by molar-refractivity contribution is 0.619. The van der Waals surface area contributed by atoms with Crippen LogP contribution < -0.4 is 0 Å². The SMILES string of the molecule is c1ccc(C2(c3ccccc3)c3ccccc3-c3ccc(-c4ccc(-c5ccc6c(c5)C(c5ccccc5)(c5ccccc5)c5ccccc5-6)c5nc(-c6ccc(-c7ccc(-c8nc9ccccc9o8)cc7)cc6)c(-c6ccc(-c7ccc(-c8nc9ccccc9o8)cc7)cc6)nc45)cc32)cc1. The Morgan fingerprint density at radius 3 is 0.824 bits per heavy atom. The van der Waals surface area contributed by atoms with E-state index in [1.54, 1.807) is 0 Å². The molecule has 0 spiro atoms. The molecule has 15 aromatic carbocycles. The van der Waals surface area contributed by atoms with E-state index < -0.39 is 10.8 Å². The predicted molar refractivity (Wildman–Crippen MR) is 413 cm³/mol. The van der Waals surface area contributed by atoms with Crippen LogP contribution in [0.3, 0.4) is 0 Å². The van der Waals surface area contributed by atoms with Gasteiger partial charge in [-0.25, -0.2) is 19.9 Å². The summed E-state index contributed by atoms with van der Waals surface area (Å²) in [6.07, 6.45) is 0. The highest BCUT2D eigenvalue weighted by Gasteiger charge is 2.48. The molecule has 0 bridgehead atoms. The lowest BCUT2D eigenvalue weighted by Gasteiger charge is -2.34. The normalized spacial score (nSPS) is 13.1. The van der Waals surface area contributed by atoms with Crippen molar-refractivity contribution < 1.29 is 8.83 Å². The Hall–Kier alpha value is -13.4. The molecular formula is C96H60N4O2. The number of para-hydroxylation sites is 4. The number of oxazole rings is 2. The Kier molecular flexibility index (Phi) is 13.6. The van der Waals surface area contributed by atoms with Crippen molar-refractivity contribution in [2.75, 3.05) is 0 Å². The van der Waals surface area contributed by atoms with E-state index in [9.17, 15) is 0 Å². The fourth-order valence-corrected chi connectivity index (χ4v) is 16.5. The van der Waals surface area contributed by atoms with Gasteiger partial charge in [0.2, 0.25) is 11.8 Å². The summed E-state index contributed by atoms with van der Waals surface area (Å²) in [4.78, 5) is 21.8. The Morgan fingerprint density at radius 2 is 0.471 bits per heavy atom. The molecule has 2 aliphatic rings. The minimum Gasteiger partial charge on any atom is -0.436 e. The minimum atomic E-state index is -0.622. The van der Waals surface area contributed by atoms with E-state index in [1.807, 2.05) is 48.5 Å². The molecule has 0 aliphatic heterocycles. The Morgan fingerprint density at radius 1 is 0.196 bits per heavy atom. The van der Waals surface area contributed by atoms with E-state index in [0.717, 1.165) is 111 Å². The third kappa shape index (κ3) is 9.27. The first-order chi connectivity index (χ1) is 50.5. The predicted octanol–water partition coefficient (Wildman–Crippen LogP) is 24.0. The van der Waals surface area contributed by atoms with Crippen molar-refractivity contribution in [2.24, 2.45) is 0 Å². The fraction of sp³-hybridized carbons (Fsp3) is 0.0208. The highest BCUT2D eigenvalue weighted by atomic mass is 16.4. The summed E-state index contributed by atoms with van der Waals surface area (Å²) in [6, 6.07) is 131. The van der Waals surface area contributed by atoms with Crippen molar-refractivity contribution in [2.45, 2.75) is 10.8 Å². The smallest absolute Gasteiger partial charge is 0.227 e. The molecule has 476 valence electrons. The van der Waals surface area contributed by atoms with E-state index in [2.05, 4.69) is 315 Å². The zero-order valence-corrected chi connectivity index (χ0v) is 55.2. The molecule has 0 unspecified atom stereocenters. The first kappa shape index (κ1) is 58.7. The third-order valence-electron chi connectivity index (χ3n) is 21.2. The van der Waals surface area contributed by atoms with E-state index >= 15 is 0 Å².